The molecule has 0 spiro atoms. The highest BCUT2D eigenvalue weighted by atomic mass is 79.9. The number of ketones is 2. The van der Waals surface area contributed by atoms with E-state index in [1.54, 1.807) is 24.3 Å². The van der Waals surface area contributed by atoms with Crippen LogP contribution in [0.25, 0.3) is 11.1 Å². The zero-order valence-corrected chi connectivity index (χ0v) is 39.7. The number of nitrogens with zero attached hydrogens (tertiary/aromatic N) is 4. The highest BCUT2D eigenvalue weighted by molar-refractivity contribution is 9.11. The molecular formula is C44H44Br2Cl2F6N4O2. The molecule has 60 heavy (non-hydrogen) atoms. The van der Waals surface area contributed by atoms with Crippen LogP contribution in [0.1, 0.15) is 94.2 Å². The highest BCUT2D eigenvalue weighted by Crippen LogP contribution is 2.53. The van der Waals surface area contributed by atoms with Crippen molar-refractivity contribution >= 4 is 78.0 Å². The maximum atomic E-state index is 14.7. The lowest BCUT2D eigenvalue weighted by atomic mass is 9.72. The van der Waals surface area contributed by atoms with Crippen LogP contribution in [0.15, 0.2) is 112 Å². The van der Waals surface area contributed by atoms with Crippen molar-refractivity contribution in [1.82, 2.24) is 0 Å². The molecule has 2 aromatic rings. The first-order valence-electron chi connectivity index (χ1n) is 18.5. The minimum Gasteiger partial charge on any atom is -0.289 e. The Balaban J connectivity index is 1.89. The minimum atomic E-state index is -5.09. The first-order valence-corrected chi connectivity index (χ1v) is 20.8. The van der Waals surface area contributed by atoms with Gasteiger partial charge in [0.25, 0.3) is 0 Å². The van der Waals surface area contributed by atoms with Gasteiger partial charge in [0.2, 0.25) is 0 Å². The lowest BCUT2D eigenvalue weighted by molar-refractivity contribution is -0.138. The first kappa shape index (κ1) is 49.2. The summed E-state index contributed by atoms with van der Waals surface area (Å²) in [5.41, 5.74) is -4.75. The summed E-state index contributed by atoms with van der Waals surface area (Å²) in [6, 6.07) is 1.09. The van der Waals surface area contributed by atoms with Gasteiger partial charge >= 0.3 is 12.4 Å². The Morgan fingerprint density at radius 3 is 0.967 bits per heavy atom. The Kier molecular flexibility index (Phi) is 14.0. The summed E-state index contributed by atoms with van der Waals surface area (Å²) in [4.78, 5) is 26.6. The van der Waals surface area contributed by atoms with E-state index >= 15 is 0 Å². The van der Waals surface area contributed by atoms with Crippen LogP contribution in [0.3, 0.4) is 0 Å². The van der Waals surface area contributed by atoms with E-state index in [0.29, 0.717) is 45.6 Å². The topological polar surface area (TPSA) is 83.6 Å². The van der Waals surface area contributed by atoms with Crippen LogP contribution in [0.4, 0.5) is 37.7 Å². The number of carbonyl (C=O) groups is 2. The molecule has 0 radical (unpaired) electrons. The van der Waals surface area contributed by atoms with Crippen LogP contribution in [-0.2, 0) is 21.9 Å². The molecule has 2 aromatic carbocycles. The second kappa shape index (κ2) is 17.0. The molecule has 0 unspecified atom stereocenters. The second-order valence-electron chi connectivity index (χ2n) is 18.5. The predicted octanol–water partition coefficient (Wildman–Crippen LogP) is 17.2. The molecule has 2 aliphatic rings. The monoisotopic (exact) mass is 1000 g/mol. The Morgan fingerprint density at radius 2 is 0.750 bits per heavy atom. The normalized spacial score (nSPS) is 16.4. The minimum absolute atomic E-state index is 0.154. The third-order valence-corrected chi connectivity index (χ3v) is 12.2. The number of halogens is 10. The first-order chi connectivity index (χ1) is 27.1. The molecule has 0 atom stereocenters. The highest BCUT2D eigenvalue weighted by Gasteiger charge is 2.40. The van der Waals surface area contributed by atoms with Gasteiger partial charge in [0.1, 0.15) is 11.4 Å². The Morgan fingerprint density at radius 1 is 0.500 bits per heavy atom. The van der Waals surface area contributed by atoms with Crippen LogP contribution >= 0.6 is 55.1 Å². The van der Waals surface area contributed by atoms with E-state index in [1.165, 1.54) is 12.4 Å². The fourth-order valence-electron chi connectivity index (χ4n) is 6.24. The summed E-state index contributed by atoms with van der Waals surface area (Å²) in [5, 5.41) is 14.7. The summed E-state index contributed by atoms with van der Waals surface area (Å²) in [6.45, 7) is 22.3. The molecule has 0 amide bonds. The Labute approximate surface area is 373 Å². The van der Waals surface area contributed by atoms with Gasteiger partial charge in [0.15, 0.2) is 11.6 Å². The summed E-state index contributed by atoms with van der Waals surface area (Å²) >= 11 is 19.4. The number of Topliss-reactive ketones (excluding diaryl/α,β-unsaturated/α-hetero) is 2. The van der Waals surface area contributed by atoms with Crippen molar-refractivity contribution in [2.75, 3.05) is 0 Å². The Hall–Kier alpha value is -3.46. The van der Waals surface area contributed by atoms with E-state index in [4.69, 9.17) is 23.2 Å². The zero-order chi connectivity index (χ0) is 45.9. The SMILES string of the molecule is CC(C)(C)C1=CC(=CN=Nc2c(C(F)(F)F)cc(-c3cc(C(F)(F)F)c(N=NC=C4C=C(C(C)(C)C)C(=O)C(C(C)(C)C)=C4)c(Br)c3Cl)c(Cl)c2Br)C=C(C(C)(C)C)C1=O. The van der Waals surface area contributed by atoms with E-state index in [2.05, 4.69) is 52.3 Å². The van der Waals surface area contributed by atoms with Crippen molar-refractivity contribution in [3.05, 3.63) is 112 Å². The molecule has 2 aliphatic carbocycles. The summed E-state index contributed by atoms with van der Waals surface area (Å²) in [6.07, 6.45) is -1.37. The molecule has 0 heterocycles. The third kappa shape index (κ3) is 10.8. The van der Waals surface area contributed by atoms with Gasteiger partial charge in [0.05, 0.1) is 42.5 Å². The molecule has 322 valence electrons. The van der Waals surface area contributed by atoms with Crippen molar-refractivity contribution in [1.29, 1.82) is 0 Å². The van der Waals surface area contributed by atoms with E-state index in [1.807, 2.05) is 83.1 Å². The quantitative estimate of drug-likeness (QED) is 0.221. The number of hydrogen-bond donors (Lipinski definition) is 0. The molecule has 0 aromatic heterocycles. The maximum Gasteiger partial charge on any atom is 0.418 e. The van der Waals surface area contributed by atoms with Crippen molar-refractivity contribution in [2.24, 2.45) is 42.1 Å². The summed E-state index contributed by atoms with van der Waals surface area (Å²) < 4.78 is 87.6. The lowest BCUT2D eigenvalue weighted by Gasteiger charge is -2.31. The number of alkyl halides is 6. The van der Waals surface area contributed by atoms with Crippen molar-refractivity contribution in [3.8, 4) is 11.1 Å². The van der Waals surface area contributed by atoms with Gasteiger partial charge in [-0.15, -0.1) is 10.2 Å². The van der Waals surface area contributed by atoms with Gasteiger partial charge in [-0.1, -0.05) is 106 Å². The average molecular weight is 1010 g/mol. The summed E-state index contributed by atoms with van der Waals surface area (Å²) in [5.74, 6) is -0.308. The molecule has 0 fully saturated rings. The molecule has 4 rings (SSSR count). The van der Waals surface area contributed by atoms with E-state index < -0.39 is 86.6 Å². The van der Waals surface area contributed by atoms with Crippen LogP contribution in [0.5, 0.6) is 0 Å². The average Bonchev–Trinajstić information content (AvgIpc) is 3.07. The predicted molar refractivity (Wildman–Crippen MR) is 233 cm³/mol. The molecule has 0 aliphatic heterocycles. The molecule has 0 bridgehead atoms. The number of benzene rings is 2. The standard InChI is InChI=1S/C44H44Br2Cl2F6N4O2/c1-39(2,3)27-13-21(14-28(37(27)59)40(4,5)6)19-55-57-35-25(43(49,50)51)17-23(33(47)31(35)45)24-18-26(44(52,53)54)36(32(46)34(24)48)58-56-20-22-15-29(41(7,8)9)38(60)30(16-22)42(10,11)12/h13-20H,1-12H3. The molecular weight excluding hydrogens is 961 g/mol. The largest absolute Gasteiger partial charge is 0.418 e. The fourth-order valence-corrected chi connectivity index (χ4v) is 7.74. The molecule has 0 N–H and O–H groups in total. The van der Waals surface area contributed by atoms with E-state index in [-0.39, 0.29) is 11.6 Å². The van der Waals surface area contributed by atoms with Crippen LogP contribution in [-0.4, -0.2) is 11.6 Å². The number of azo groups is 2. The van der Waals surface area contributed by atoms with Gasteiger partial charge in [-0.05, 0) is 101 Å². The van der Waals surface area contributed by atoms with Gasteiger partial charge in [-0.3, -0.25) is 9.59 Å². The van der Waals surface area contributed by atoms with Crippen LogP contribution < -0.4 is 0 Å². The number of rotatable bonds is 5. The molecule has 6 nitrogen and oxygen atoms in total. The van der Waals surface area contributed by atoms with E-state index in [9.17, 15) is 35.9 Å². The van der Waals surface area contributed by atoms with Crippen molar-refractivity contribution in [2.45, 2.75) is 95.4 Å². The van der Waals surface area contributed by atoms with Crippen LogP contribution in [0, 0.1) is 21.7 Å². The smallest absolute Gasteiger partial charge is 0.289 e. The van der Waals surface area contributed by atoms with Gasteiger partial charge in [-0.25, -0.2) is 0 Å². The lowest BCUT2D eigenvalue weighted by Crippen LogP contribution is -2.27. The summed E-state index contributed by atoms with van der Waals surface area (Å²) in [7, 11) is 0. The van der Waals surface area contributed by atoms with E-state index in [0.717, 1.165) is 0 Å². The fraction of sp³-hybridized carbons (Fsp3) is 0.409. The maximum absolute atomic E-state index is 14.7. The van der Waals surface area contributed by atoms with Crippen molar-refractivity contribution < 1.29 is 35.9 Å². The van der Waals surface area contributed by atoms with Crippen LogP contribution in [0.2, 0.25) is 10.0 Å². The molecule has 0 saturated heterocycles. The second-order valence-corrected chi connectivity index (χ2v) is 20.8. The van der Waals surface area contributed by atoms with Gasteiger partial charge in [-0.2, -0.15) is 36.6 Å². The number of hydrogen-bond acceptors (Lipinski definition) is 6. The van der Waals surface area contributed by atoms with Gasteiger partial charge < -0.3 is 0 Å². The molecule has 16 heteroatoms. The van der Waals surface area contributed by atoms with Gasteiger partial charge in [0, 0.05) is 33.4 Å². The number of allylic oxidation sites excluding steroid dienone is 10. The number of carbonyl (C=O) groups excluding carboxylic acids is 2. The Bertz CT molecular complexity index is 2170. The third-order valence-electron chi connectivity index (χ3n) is 9.45. The molecule has 0 saturated carbocycles. The van der Waals surface area contributed by atoms with Crippen molar-refractivity contribution in [3.63, 3.8) is 0 Å². The zero-order valence-electron chi connectivity index (χ0n) is 35.0.